The molecular weight excluding hydrogens is 304 g/mol. The molecule has 1 saturated heterocycles. The van der Waals surface area contributed by atoms with Gasteiger partial charge in [0.1, 0.15) is 0 Å². The highest BCUT2D eigenvalue weighted by Crippen LogP contribution is 2.18. The zero-order chi connectivity index (χ0) is 15.1. The van der Waals surface area contributed by atoms with E-state index in [-0.39, 0.29) is 0 Å². The predicted octanol–water partition coefficient (Wildman–Crippen LogP) is 2.49. The van der Waals surface area contributed by atoms with Crippen LogP contribution in [-0.2, 0) is 16.0 Å². The van der Waals surface area contributed by atoms with Crippen LogP contribution in [0.2, 0.25) is 0 Å². The smallest absolute Gasteiger partial charge is 0.201 e. The number of benzene rings is 1. The van der Waals surface area contributed by atoms with Gasteiger partial charge in [0.05, 0.1) is 0 Å². The van der Waals surface area contributed by atoms with Gasteiger partial charge in [0.25, 0.3) is 10.2 Å². The van der Waals surface area contributed by atoms with Crippen molar-refractivity contribution in [3.05, 3.63) is 35.9 Å². The van der Waals surface area contributed by atoms with E-state index in [2.05, 4.69) is 23.8 Å². The molecular formula is C15H24N2O2S2. The predicted molar refractivity (Wildman–Crippen MR) is 89.5 cm³/mol. The van der Waals surface area contributed by atoms with Crippen LogP contribution in [0.3, 0.4) is 0 Å². The minimum Gasteiger partial charge on any atom is -0.201 e. The highest BCUT2D eigenvalue weighted by atomic mass is 32.2. The summed E-state index contributed by atoms with van der Waals surface area (Å²) in [5.74, 6) is 2.35. The highest BCUT2D eigenvalue weighted by molar-refractivity contribution is 7.98. The molecule has 0 amide bonds. The fraction of sp³-hybridized carbons (Fsp3) is 0.600. The van der Waals surface area contributed by atoms with Crippen molar-refractivity contribution in [2.24, 2.45) is 5.92 Å². The fourth-order valence-electron chi connectivity index (χ4n) is 2.32. The third-order valence-electron chi connectivity index (χ3n) is 3.72. The molecule has 0 aromatic heterocycles. The van der Waals surface area contributed by atoms with Gasteiger partial charge in [-0.1, -0.05) is 37.3 Å². The summed E-state index contributed by atoms with van der Waals surface area (Å²) in [5, 5.41) is 0. The van der Waals surface area contributed by atoms with Crippen LogP contribution >= 0.6 is 11.8 Å². The van der Waals surface area contributed by atoms with Gasteiger partial charge in [-0.3, -0.25) is 0 Å². The average molecular weight is 329 g/mol. The van der Waals surface area contributed by atoms with Gasteiger partial charge in [-0.05, 0) is 24.3 Å². The molecule has 0 unspecified atom stereocenters. The summed E-state index contributed by atoms with van der Waals surface area (Å²) in [6.07, 6.45) is 1.92. The van der Waals surface area contributed by atoms with Crippen LogP contribution in [0.5, 0.6) is 0 Å². The second-order valence-electron chi connectivity index (χ2n) is 5.52. The van der Waals surface area contributed by atoms with Crippen LogP contribution in [0.1, 0.15) is 25.3 Å². The molecule has 1 heterocycles. The molecule has 2 rings (SSSR count). The Balaban J connectivity index is 1.65. The summed E-state index contributed by atoms with van der Waals surface area (Å²) in [7, 11) is -3.28. The average Bonchev–Trinajstić information content (AvgIpc) is 2.48. The van der Waals surface area contributed by atoms with Crippen LogP contribution in [0.4, 0.5) is 0 Å². The van der Waals surface area contributed by atoms with Gasteiger partial charge in [0, 0.05) is 31.1 Å². The van der Waals surface area contributed by atoms with E-state index in [0.29, 0.717) is 25.6 Å². The molecule has 0 saturated carbocycles. The molecule has 0 radical (unpaired) electrons. The topological polar surface area (TPSA) is 49.4 Å². The summed E-state index contributed by atoms with van der Waals surface area (Å²) in [4.78, 5) is 0. The maximum atomic E-state index is 12.1. The number of rotatable bonds is 7. The molecule has 118 valence electrons. The van der Waals surface area contributed by atoms with Crippen molar-refractivity contribution >= 4 is 22.0 Å². The molecule has 0 bridgehead atoms. The van der Waals surface area contributed by atoms with Crippen LogP contribution in [-0.4, -0.2) is 38.1 Å². The first-order valence-corrected chi connectivity index (χ1v) is 10.0. The molecule has 1 N–H and O–H groups in total. The summed E-state index contributed by atoms with van der Waals surface area (Å²) in [6, 6.07) is 10.2. The van der Waals surface area contributed by atoms with Gasteiger partial charge in [0.2, 0.25) is 0 Å². The standard InChI is InChI=1S/C15H24N2O2S2/c1-14-7-10-17(11-8-14)21(18,19)16-9-12-20-13-15-5-3-2-4-6-15/h2-6,14,16H,7-13H2,1H3. The van der Waals surface area contributed by atoms with Gasteiger partial charge >= 0.3 is 0 Å². The molecule has 1 aromatic rings. The maximum absolute atomic E-state index is 12.1. The number of nitrogens with one attached hydrogen (secondary N) is 1. The zero-order valence-corrected chi connectivity index (χ0v) is 14.1. The zero-order valence-electron chi connectivity index (χ0n) is 12.5. The molecule has 4 nitrogen and oxygen atoms in total. The number of nitrogens with zero attached hydrogens (tertiary/aromatic N) is 1. The molecule has 6 heteroatoms. The Morgan fingerprint density at radius 3 is 2.57 bits per heavy atom. The molecule has 1 aromatic carbocycles. The number of thioether (sulfide) groups is 1. The molecule has 21 heavy (non-hydrogen) atoms. The highest BCUT2D eigenvalue weighted by Gasteiger charge is 2.25. The SMILES string of the molecule is CC1CCN(S(=O)(=O)NCCSCc2ccccc2)CC1. The summed E-state index contributed by atoms with van der Waals surface area (Å²) in [6.45, 7) is 3.96. The Hall–Kier alpha value is -0.560. The molecule has 0 aliphatic carbocycles. The van der Waals surface area contributed by atoms with Crippen molar-refractivity contribution in [1.29, 1.82) is 0 Å². The lowest BCUT2D eigenvalue weighted by Crippen LogP contribution is -2.45. The lowest BCUT2D eigenvalue weighted by Gasteiger charge is -2.29. The lowest BCUT2D eigenvalue weighted by atomic mass is 10.0. The maximum Gasteiger partial charge on any atom is 0.279 e. The van der Waals surface area contributed by atoms with Crippen LogP contribution < -0.4 is 4.72 Å². The van der Waals surface area contributed by atoms with Gasteiger partial charge in [-0.15, -0.1) is 0 Å². The Bertz CT molecular complexity index is 512. The second kappa shape index (κ2) is 8.17. The first kappa shape index (κ1) is 16.8. The van der Waals surface area contributed by atoms with Crippen molar-refractivity contribution in [3.63, 3.8) is 0 Å². The third kappa shape index (κ3) is 5.62. The number of hydrogen-bond donors (Lipinski definition) is 1. The number of piperidine rings is 1. The molecule has 0 atom stereocenters. The van der Waals surface area contributed by atoms with Crippen molar-refractivity contribution in [2.75, 3.05) is 25.4 Å². The van der Waals surface area contributed by atoms with E-state index in [1.165, 1.54) is 5.56 Å². The van der Waals surface area contributed by atoms with E-state index in [4.69, 9.17) is 0 Å². The monoisotopic (exact) mass is 328 g/mol. The van der Waals surface area contributed by atoms with Gasteiger partial charge < -0.3 is 0 Å². The minimum absolute atomic E-state index is 0.492. The van der Waals surface area contributed by atoms with E-state index >= 15 is 0 Å². The van der Waals surface area contributed by atoms with Crippen molar-refractivity contribution in [2.45, 2.75) is 25.5 Å². The molecule has 1 aliphatic heterocycles. The van der Waals surface area contributed by atoms with E-state index in [1.54, 1.807) is 16.1 Å². The first-order valence-electron chi connectivity index (χ1n) is 7.44. The van der Waals surface area contributed by atoms with Crippen LogP contribution in [0.25, 0.3) is 0 Å². The Kier molecular flexibility index (Phi) is 6.54. The van der Waals surface area contributed by atoms with E-state index in [9.17, 15) is 8.42 Å². The molecule has 1 fully saturated rings. The molecule has 0 spiro atoms. The Morgan fingerprint density at radius 2 is 1.90 bits per heavy atom. The number of hydrogen-bond acceptors (Lipinski definition) is 3. The third-order valence-corrected chi connectivity index (χ3v) is 6.37. The Labute approximate surface area is 132 Å². The normalized spacial score (nSPS) is 18.0. The van der Waals surface area contributed by atoms with Gasteiger partial charge in [-0.25, -0.2) is 4.72 Å². The van der Waals surface area contributed by atoms with Gasteiger partial charge in [-0.2, -0.15) is 24.5 Å². The lowest BCUT2D eigenvalue weighted by molar-refractivity contribution is 0.285. The van der Waals surface area contributed by atoms with Crippen molar-refractivity contribution < 1.29 is 8.42 Å². The van der Waals surface area contributed by atoms with E-state index in [0.717, 1.165) is 24.3 Å². The van der Waals surface area contributed by atoms with Crippen molar-refractivity contribution in [3.8, 4) is 0 Å². The van der Waals surface area contributed by atoms with E-state index in [1.807, 2.05) is 18.2 Å². The van der Waals surface area contributed by atoms with Crippen LogP contribution in [0, 0.1) is 5.92 Å². The fourth-order valence-corrected chi connectivity index (χ4v) is 4.51. The molecule has 1 aliphatic rings. The second-order valence-corrected chi connectivity index (χ2v) is 8.38. The van der Waals surface area contributed by atoms with Gasteiger partial charge in [0.15, 0.2) is 0 Å². The summed E-state index contributed by atoms with van der Waals surface area (Å²) < 4.78 is 28.5. The largest absolute Gasteiger partial charge is 0.279 e. The minimum atomic E-state index is -3.28. The van der Waals surface area contributed by atoms with Crippen molar-refractivity contribution in [1.82, 2.24) is 9.03 Å². The van der Waals surface area contributed by atoms with Crippen LogP contribution in [0.15, 0.2) is 30.3 Å². The quantitative estimate of drug-likeness (QED) is 0.782. The summed E-state index contributed by atoms with van der Waals surface area (Å²) >= 11 is 1.75. The Morgan fingerprint density at radius 1 is 1.24 bits per heavy atom. The summed E-state index contributed by atoms with van der Waals surface area (Å²) in [5.41, 5.74) is 1.27. The first-order chi connectivity index (χ1) is 10.1. The van der Waals surface area contributed by atoms with E-state index < -0.39 is 10.2 Å².